The van der Waals surface area contributed by atoms with Gasteiger partial charge in [0.05, 0.1) is 16.7 Å². The zero-order valence-corrected chi connectivity index (χ0v) is 34.0. The van der Waals surface area contributed by atoms with E-state index in [1.807, 2.05) is 6.07 Å². The van der Waals surface area contributed by atoms with Gasteiger partial charge in [0.2, 0.25) is 0 Å². The van der Waals surface area contributed by atoms with Crippen LogP contribution in [0.1, 0.15) is 37.7 Å². The molecule has 2 aromatic heterocycles. The molecule has 0 radical (unpaired) electrons. The summed E-state index contributed by atoms with van der Waals surface area (Å²) < 4.78 is 8.89. The number of fused-ring (bicyclic) bond motifs is 7. The van der Waals surface area contributed by atoms with Crippen molar-refractivity contribution in [1.29, 1.82) is 0 Å². The highest BCUT2D eigenvalue weighted by Gasteiger charge is 2.77. The van der Waals surface area contributed by atoms with Gasteiger partial charge in [-0.3, -0.25) is 0 Å². The van der Waals surface area contributed by atoms with Crippen LogP contribution in [-0.2, 0) is 5.41 Å². The third-order valence-corrected chi connectivity index (χ3v) is 16.1. The molecular weight excluding hydrogens is 741 g/mol. The highest BCUT2D eigenvalue weighted by atomic mass is 16.3. The maximum atomic E-state index is 6.46. The van der Waals surface area contributed by atoms with Crippen LogP contribution in [0, 0.1) is 23.2 Å². The van der Waals surface area contributed by atoms with E-state index in [1.165, 1.54) is 76.4 Å². The van der Waals surface area contributed by atoms with E-state index in [0.29, 0.717) is 10.8 Å². The molecule has 0 amide bonds. The molecule has 4 aliphatic carbocycles. The van der Waals surface area contributed by atoms with E-state index in [2.05, 4.69) is 191 Å². The topological polar surface area (TPSA) is 21.3 Å². The van der Waals surface area contributed by atoms with Crippen LogP contribution in [0.25, 0.3) is 71.7 Å². The zero-order chi connectivity index (χ0) is 39.9. The monoisotopic (exact) mass is 784 g/mol. The van der Waals surface area contributed by atoms with Gasteiger partial charge in [-0.2, -0.15) is 0 Å². The highest BCUT2D eigenvalue weighted by Crippen LogP contribution is 2.84. The Kier molecular flexibility index (Phi) is 6.88. The fourth-order valence-corrected chi connectivity index (χ4v) is 13.5. The highest BCUT2D eigenvalue weighted by molar-refractivity contribution is 6.10. The van der Waals surface area contributed by atoms with Crippen molar-refractivity contribution in [3.8, 4) is 27.9 Å². The van der Waals surface area contributed by atoms with Crippen molar-refractivity contribution >= 4 is 60.8 Å². The number of para-hydroxylation sites is 5. The predicted molar refractivity (Wildman–Crippen MR) is 251 cm³/mol. The molecule has 0 aliphatic heterocycles. The summed E-state index contributed by atoms with van der Waals surface area (Å²) in [5, 5.41) is 4.85. The zero-order valence-electron chi connectivity index (χ0n) is 34.0. The van der Waals surface area contributed by atoms with Crippen LogP contribution in [0.2, 0.25) is 0 Å². The number of hydrogen-bond donors (Lipinski definition) is 0. The minimum absolute atomic E-state index is 0.384. The van der Waals surface area contributed by atoms with Crippen LogP contribution in [0.4, 0.5) is 17.1 Å². The third kappa shape index (κ3) is 4.64. The molecule has 3 heteroatoms. The molecule has 8 aromatic carbocycles. The largest absolute Gasteiger partial charge is 0.455 e. The number of aromatic nitrogens is 1. The number of anilines is 3. The van der Waals surface area contributed by atoms with Crippen molar-refractivity contribution in [1.82, 2.24) is 4.57 Å². The minimum Gasteiger partial charge on any atom is -0.455 e. The van der Waals surface area contributed by atoms with Gasteiger partial charge in [0.1, 0.15) is 11.2 Å². The van der Waals surface area contributed by atoms with Crippen LogP contribution in [0.5, 0.6) is 0 Å². The molecule has 3 nitrogen and oxygen atoms in total. The number of rotatable bonds is 7. The smallest absolute Gasteiger partial charge is 0.143 e. The van der Waals surface area contributed by atoms with Gasteiger partial charge in [0, 0.05) is 49.7 Å². The van der Waals surface area contributed by atoms with Crippen LogP contribution in [-0.4, -0.2) is 4.57 Å². The molecule has 4 fully saturated rings. The van der Waals surface area contributed by atoms with Crippen molar-refractivity contribution < 1.29 is 4.42 Å². The summed E-state index contributed by atoms with van der Waals surface area (Å²) in [4.78, 5) is 2.43. The first-order valence-electron chi connectivity index (χ1n) is 22.2. The molecule has 2 bridgehead atoms. The second kappa shape index (κ2) is 12.4. The van der Waals surface area contributed by atoms with Crippen LogP contribution >= 0.6 is 0 Å². The average Bonchev–Trinajstić information content (AvgIpc) is 4.04. The van der Waals surface area contributed by atoms with E-state index in [-0.39, 0.29) is 0 Å². The summed E-state index contributed by atoms with van der Waals surface area (Å²) in [5.74, 6) is 2.98. The number of hydrogen-bond acceptors (Lipinski definition) is 2. The quantitative estimate of drug-likeness (QED) is 0.161. The molecule has 4 saturated carbocycles. The average molecular weight is 785 g/mol. The maximum absolute atomic E-state index is 6.46. The summed E-state index contributed by atoms with van der Waals surface area (Å²) in [6, 6.07) is 69.2. The second-order valence-corrected chi connectivity index (χ2v) is 18.7. The van der Waals surface area contributed by atoms with E-state index in [9.17, 15) is 0 Å². The Morgan fingerprint density at radius 2 is 0.984 bits per heavy atom. The molecule has 4 aliphatic rings. The molecule has 0 N–H and O–H groups in total. The summed E-state index contributed by atoms with van der Waals surface area (Å²) in [5.41, 5.74) is 16.2. The van der Waals surface area contributed by atoms with Gasteiger partial charge in [0.15, 0.2) is 0 Å². The predicted octanol–water partition coefficient (Wildman–Crippen LogP) is 15.6. The van der Waals surface area contributed by atoms with Gasteiger partial charge < -0.3 is 13.9 Å². The molecule has 1 spiro atoms. The van der Waals surface area contributed by atoms with Crippen molar-refractivity contribution in [2.75, 3.05) is 4.90 Å². The van der Waals surface area contributed by atoms with E-state index in [4.69, 9.17) is 4.42 Å². The Hall–Kier alpha value is -6.84. The lowest BCUT2D eigenvalue weighted by molar-refractivity contribution is -0.175. The summed E-state index contributed by atoms with van der Waals surface area (Å²) >= 11 is 0. The molecule has 2 atom stereocenters. The molecule has 10 aromatic rings. The second-order valence-electron chi connectivity index (χ2n) is 18.7. The van der Waals surface area contributed by atoms with Gasteiger partial charge in [-0.1, -0.05) is 127 Å². The third-order valence-electron chi connectivity index (χ3n) is 16.1. The summed E-state index contributed by atoms with van der Waals surface area (Å²) in [6.45, 7) is 0. The van der Waals surface area contributed by atoms with Gasteiger partial charge in [-0.15, -0.1) is 0 Å². The fraction of sp³-hybridized carbons (Fsp3) is 0.172. The molecule has 61 heavy (non-hydrogen) atoms. The lowest BCUT2D eigenvalue weighted by Gasteiger charge is -2.66. The van der Waals surface area contributed by atoms with Crippen LogP contribution in [0.15, 0.2) is 192 Å². The number of furan rings is 1. The normalized spacial score (nSPS) is 23.4. The molecule has 292 valence electrons. The number of nitrogens with zero attached hydrogens (tertiary/aromatic N) is 2. The fourth-order valence-electron chi connectivity index (χ4n) is 13.5. The Labute approximate surface area is 355 Å². The molecule has 0 unspecified atom stereocenters. The Balaban J connectivity index is 0.862. The lowest BCUT2D eigenvalue weighted by atomic mass is 9.38. The Morgan fingerprint density at radius 1 is 0.459 bits per heavy atom. The molecule has 14 rings (SSSR count). The van der Waals surface area contributed by atoms with Gasteiger partial charge in [0.25, 0.3) is 0 Å². The molecular formula is C58H44N2O. The van der Waals surface area contributed by atoms with E-state index in [1.54, 1.807) is 5.56 Å². The molecule has 2 heterocycles. The summed E-state index contributed by atoms with van der Waals surface area (Å²) in [6.07, 6.45) is 7.22. The van der Waals surface area contributed by atoms with E-state index in [0.717, 1.165) is 62.2 Å². The van der Waals surface area contributed by atoms with Gasteiger partial charge in [-0.05, 0) is 138 Å². The van der Waals surface area contributed by atoms with E-state index >= 15 is 0 Å². The van der Waals surface area contributed by atoms with Gasteiger partial charge in [-0.25, -0.2) is 0 Å². The molecule has 0 saturated heterocycles. The SMILES string of the molecule is c1ccc(-n2c3ccccc3c3ccccc32)c(-c2ccc(N(c3ccc(-c4cccc5c4oc4ccccc45)cc3)c3ccc(C45C[C@@H]6CC7C[C@@H](C4)C76C5)cc3)cc2)c1. The maximum Gasteiger partial charge on any atom is 0.143 e. The Morgan fingerprint density at radius 3 is 1.62 bits per heavy atom. The van der Waals surface area contributed by atoms with Crippen molar-refractivity contribution in [3.63, 3.8) is 0 Å². The van der Waals surface area contributed by atoms with Crippen molar-refractivity contribution in [2.45, 2.75) is 37.5 Å². The van der Waals surface area contributed by atoms with Gasteiger partial charge >= 0.3 is 0 Å². The van der Waals surface area contributed by atoms with E-state index < -0.39 is 0 Å². The Bertz CT molecular complexity index is 3300. The first-order chi connectivity index (χ1) is 30.1. The van der Waals surface area contributed by atoms with Crippen molar-refractivity contribution in [3.05, 3.63) is 194 Å². The minimum atomic E-state index is 0.384. The van der Waals surface area contributed by atoms with Crippen LogP contribution < -0.4 is 4.90 Å². The number of benzene rings is 8. The standard InChI is InChI=1S/C58H44N2O/c1-5-16-52(60-53-17-6-2-11-48(53)49-12-3-7-18-54(49)60)46(10-1)37-20-26-43(27-21-37)59(45-30-24-39(25-31-45)57-34-41-32-40-33-42(35-57)58(40,41)36-57)44-28-22-38(23-29-44)47-14-9-15-51-50-13-4-8-19-55(50)61-56(47)51/h1-31,40-42H,32-36H2/t40?,41-,42-,57?,58?/m0/s1. The van der Waals surface area contributed by atoms with Crippen molar-refractivity contribution in [2.24, 2.45) is 23.2 Å². The first kappa shape index (κ1) is 33.9. The van der Waals surface area contributed by atoms with Crippen LogP contribution in [0.3, 0.4) is 0 Å². The lowest BCUT2D eigenvalue weighted by Crippen LogP contribution is -2.59. The summed E-state index contributed by atoms with van der Waals surface area (Å²) in [7, 11) is 0. The first-order valence-corrected chi connectivity index (χ1v) is 22.2.